The number of nitrogens with one attached hydrogen (secondary N) is 1. The topological polar surface area (TPSA) is 99.0 Å². The normalized spacial score (nSPS) is 10.8. The van der Waals surface area contributed by atoms with Crippen molar-refractivity contribution in [1.29, 1.82) is 0 Å². The lowest BCUT2D eigenvalue weighted by atomic mass is 10.1. The fourth-order valence-electron chi connectivity index (χ4n) is 3.19. The lowest BCUT2D eigenvalue weighted by molar-refractivity contribution is -0.113. The van der Waals surface area contributed by atoms with Crippen molar-refractivity contribution in [3.8, 4) is 5.75 Å². The summed E-state index contributed by atoms with van der Waals surface area (Å²) in [4.78, 5) is 38.5. The van der Waals surface area contributed by atoms with Gasteiger partial charge < -0.3 is 10.1 Å². The quantitative estimate of drug-likeness (QED) is 0.327. The molecule has 0 unspecified atom stereocenters. The number of fused-ring (bicyclic) bond motifs is 1. The number of amides is 1. The molecule has 0 radical (unpaired) electrons. The van der Waals surface area contributed by atoms with E-state index in [1.165, 1.54) is 24.2 Å². The van der Waals surface area contributed by atoms with Gasteiger partial charge in [-0.15, -0.1) is 0 Å². The number of benzene rings is 2. The smallest absolute Gasteiger partial charge is 0.282 e. The first-order valence-electron chi connectivity index (χ1n) is 9.97. The van der Waals surface area contributed by atoms with Crippen molar-refractivity contribution < 1.29 is 9.53 Å². The molecule has 0 aliphatic rings. The first kappa shape index (κ1) is 21.5. The van der Waals surface area contributed by atoms with Gasteiger partial charge in [0.15, 0.2) is 16.3 Å². The minimum Gasteiger partial charge on any atom is -0.495 e. The summed E-state index contributed by atoms with van der Waals surface area (Å²) in [5.74, 6) is 0.411. The van der Waals surface area contributed by atoms with E-state index in [0.29, 0.717) is 29.6 Å². The zero-order chi connectivity index (χ0) is 22.3. The van der Waals surface area contributed by atoms with Crippen LogP contribution >= 0.6 is 11.8 Å². The summed E-state index contributed by atoms with van der Waals surface area (Å²) in [6, 6.07) is 17.1. The molecule has 1 amide bonds. The SMILES string of the molecule is COc1ccccc1NC(=O)CSc1nc2nccnc2c(=O)n1CCc1ccccc1. The summed E-state index contributed by atoms with van der Waals surface area (Å²) < 4.78 is 6.83. The molecule has 0 saturated carbocycles. The van der Waals surface area contributed by atoms with Crippen molar-refractivity contribution in [2.75, 3.05) is 18.2 Å². The standard InChI is InChI=1S/C23H21N5O3S/c1-31-18-10-6-5-9-17(18)26-19(29)15-32-23-27-21-20(24-12-13-25-21)22(30)28(23)14-11-16-7-3-2-4-8-16/h2-10,12-13H,11,14-15H2,1H3,(H,26,29). The molecule has 0 saturated heterocycles. The van der Waals surface area contributed by atoms with Gasteiger partial charge in [-0.1, -0.05) is 54.2 Å². The van der Waals surface area contributed by atoms with Crippen LogP contribution < -0.4 is 15.6 Å². The number of aromatic nitrogens is 4. The van der Waals surface area contributed by atoms with Crippen molar-refractivity contribution in [1.82, 2.24) is 19.5 Å². The van der Waals surface area contributed by atoms with Gasteiger partial charge in [-0.2, -0.15) is 0 Å². The molecular formula is C23H21N5O3S. The van der Waals surface area contributed by atoms with Gasteiger partial charge >= 0.3 is 0 Å². The average molecular weight is 448 g/mol. The maximum atomic E-state index is 13.1. The molecule has 0 bridgehead atoms. The number of hydrogen-bond donors (Lipinski definition) is 1. The third-order valence-electron chi connectivity index (χ3n) is 4.74. The highest BCUT2D eigenvalue weighted by atomic mass is 32.2. The van der Waals surface area contributed by atoms with Crippen LogP contribution in [0.2, 0.25) is 0 Å². The maximum Gasteiger partial charge on any atom is 0.282 e. The van der Waals surface area contributed by atoms with Crippen LogP contribution in [-0.4, -0.2) is 38.3 Å². The molecule has 0 spiro atoms. The second-order valence-corrected chi connectivity index (χ2v) is 7.79. The van der Waals surface area contributed by atoms with Gasteiger partial charge in [-0.05, 0) is 24.1 Å². The molecule has 0 aliphatic carbocycles. The number of thioether (sulfide) groups is 1. The second kappa shape index (κ2) is 10.1. The zero-order valence-electron chi connectivity index (χ0n) is 17.4. The fraction of sp³-hybridized carbons (Fsp3) is 0.174. The Balaban J connectivity index is 1.56. The number of aryl methyl sites for hydroxylation is 1. The van der Waals surface area contributed by atoms with E-state index < -0.39 is 0 Å². The molecular weight excluding hydrogens is 426 g/mol. The summed E-state index contributed by atoms with van der Waals surface area (Å²) in [7, 11) is 1.55. The van der Waals surface area contributed by atoms with Crippen LogP contribution in [0, 0.1) is 0 Å². The Bertz CT molecular complexity index is 1290. The van der Waals surface area contributed by atoms with Crippen molar-refractivity contribution in [3.63, 3.8) is 0 Å². The Morgan fingerprint density at radius 3 is 2.62 bits per heavy atom. The van der Waals surface area contributed by atoms with Gasteiger partial charge in [-0.25, -0.2) is 15.0 Å². The van der Waals surface area contributed by atoms with Gasteiger partial charge in [0, 0.05) is 18.9 Å². The summed E-state index contributed by atoms with van der Waals surface area (Å²) in [6.07, 6.45) is 3.61. The van der Waals surface area contributed by atoms with Crippen LogP contribution in [0.25, 0.3) is 11.2 Å². The highest BCUT2D eigenvalue weighted by Gasteiger charge is 2.15. The van der Waals surface area contributed by atoms with Crippen molar-refractivity contribution in [3.05, 3.63) is 82.9 Å². The maximum absolute atomic E-state index is 13.1. The van der Waals surface area contributed by atoms with Crippen LogP contribution in [0.15, 0.2) is 76.9 Å². The van der Waals surface area contributed by atoms with Crippen molar-refractivity contribution in [2.45, 2.75) is 18.1 Å². The average Bonchev–Trinajstić information content (AvgIpc) is 2.83. The van der Waals surface area contributed by atoms with E-state index in [4.69, 9.17) is 4.74 Å². The molecule has 2 aromatic heterocycles. The molecule has 2 heterocycles. The number of para-hydroxylation sites is 2. The van der Waals surface area contributed by atoms with Gasteiger partial charge in [0.05, 0.1) is 18.6 Å². The number of ether oxygens (including phenoxy) is 1. The molecule has 9 heteroatoms. The number of rotatable bonds is 8. The van der Waals surface area contributed by atoms with E-state index in [9.17, 15) is 9.59 Å². The molecule has 162 valence electrons. The largest absolute Gasteiger partial charge is 0.495 e. The first-order valence-corrected chi connectivity index (χ1v) is 11.0. The molecule has 4 rings (SSSR count). The fourth-order valence-corrected chi connectivity index (χ4v) is 4.00. The molecule has 4 aromatic rings. The molecule has 1 N–H and O–H groups in total. The van der Waals surface area contributed by atoms with Crippen LogP contribution in [-0.2, 0) is 17.8 Å². The summed E-state index contributed by atoms with van der Waals surface area (Å²) >= 11 is 1.18. The van der Waals surface area contributed by atoms with Gasteiger partial charge in [-0.3, -0.25) is 14.2 Å². The number of carbonyl (C=O) groups is 1. The Hall–Kier alpha value is -3.72. The monoisotopic (exact) mass is 447 g/mol. The molecule has 2 aromatic carbocycles. The van der Waals surface area contributed by atoms with E-state index in [1.807, 2.05) is 42.5 Å². The molecule has 0 fully saturated rings. The minimum atomic E-state index is -0.272. The third-order valence-corrected chi connectivity index (χ3v) is 5.72. The number of carbonyl (C=O) groups excluding carboxylic acids is 1. The second-order valence-electron chi connectivity index (χ2n) is 6.85. The summed E-state index contributed by atoms with van der Waals surface area (Å²) in [5.41, 5.74) is 1.89. The Labute approximate surface area is 188 Å². The lowest BCUT2D eigenvalue weighted by Crippen LogP contribution is -2.26. The molecule has 32 heavy (non-hydrogen) atoms. The minimum absolute atomic E-state index is 0.0710. The van der Waals surface area contributed by atoms with Gasteiger partial charge in [0.2, 0.25) is 5.91 Å². The van der Waals surface area contributed by atoms with Gasteiger partial charge in [0.25, 0.3) is 5.56 Å². The molecule has 8 nitrogen and oxygen atoms in total. The zero-order valence-corrected chi connectivity index (χ0v) is 18.2. The Kier molecular flexibility index (Phi) is 6.76. The Morgan fingerprint density at radius 1 is 1.06 bits per heavy atom. The summed E-state index contributed by atoms with van der Waals surface area (Å²) in [5, 5.41) is 3.26. The van der Waals surface area contributed by atoms with E-state index in [1.54, 1.807) is 23.8 Å². The highest BCUT2D eigenvalue weighted by Crippen LogP contribution is 2.24. The highest BCUT2D eigenvalue weighted by molar-refractivity contribution is 7.99. The predicted octanol–water partition coefficient (Wildman–Crippen LogP) is 3.17. The number of hydrogen-bond acceptors (Lipinski definition) is 7. The van der Waals surface area contributed by atoms with Crippen molar-refractivity contribution >= 4 is 34.5 Å². The Morgan fingerprint density at radius 2 is 1.81 bits per heavy atom. The van der Waals surface area contributed by atoms with Crippen molar-refractivity contribution in [2.24, 2.45) is 0 Å². The van der Waals surface area contributed by atoms with E-state index in [0.717, 1.165) is 5.56 Å². The number of methoxy groups -OCH3 is 1. The van der Waals surface area contributed by atoms with Crippen LogP contribution in [0.1, 0.15) is 5.56 Å². The summed E-state index contributed by atoms with van der Waals surface area (Å²) in [6.45, 7) is 0.415. The lowest BCUT2D eigenvalue weighted by Gasteiger charge is -2.13. The van der Waals surface area contributed by atoms with E-state index in [2.05, 4.69) is 20.3 Å². The third kappa shape index (κ3) is 4.94. The van der Waals surface area contributed by atoms with E-state index in [-0.39, 0.29) is 28.4 Å². The number of nitrogens with zero attached hydrogens (tertiary/aromatic N) is 4. The van der Waals surface area contributed by atoms with E-state index >= 15 is 0 Å². The molecule has 0 aliphatic heterocycles. The van der Waals surface area contributed by atoms with Crippen LogP contribution in [0.3, 0.4) is 0 Å². The van der Waals surface area contributed by atoms with Crippen LogP contribution in [0.4, 0.5) is 5.69 Å². The molecule has 0 atom stereocenters. The predicted molar refractivity (Wildman–Crippen MR) is 124 cm³/mol. The van der Waals surface area contributed by atoms with Gasteiger partial charge in [0.1, 0.15) is 5.75 Å². The number of anilines is 1. The first-order chi connectivity index (χ1) is 15.7. The van der Waals surface area contributed by atoms with Crippen LogP contribution in [0.5, 0.6) is 5.75 Å².